The van der Waals surface area contributed by atoms with Gasteiger partial charge < -0.3 is 4.90 Å². The van der Waals surface area contributed by atoms with Gasteiger partial charge >= 0.3 is 0 Å². The first-order chi connectivity index (χ1) is 14.6. The topological polar surface area (TPSA) is 36.4 Å². The largest absolute Gasteiger partial charge is 0.337 e. The summed E-state index contributed by atoms with van der Waals surface area (Å²) in [5, 5.41) is 0. The van der Waals surface area contributed by atoms with E-state index in [1.807, 2.05) is 54.3 Å². The highest BCUT2D eigenvalue weighted by atomic mass is 16.2. The Labute approximate surface area is 179 Å². The van der Waals surface area contributed by atoms with Crippen molar-refractivity contribution in [1.29, 1.82) is 0 Å². The van der Waals surface area contributed by atoms with Crippen molar-refractivity contribution in [2.75, 3.05) is 26.2 Å². The molecule has 1 aliphatic heterocycles. The van der Waals surface area contributed by atoms with Crippen molar-refractivity contribution in [2.45, 2.75) is 26.8 Å². The fourth-order valence-corrected chi connectivity index (χ4v) is 4.09. The summed E-state index contributed by atoms with van der Waals surface area (Å²) in [5.41, 5.74) is 6.18. The molecule has 154 valence electrons. The van der Waals surface area contributed by atoms with E-state index in [0.29, 0.717) is 5.56 Å². The van der Waals surface area contributed by atoms with E-state index in [1.54, 1.807) is 0 Å². The first-order valence-electron chi connectivity index (χ1n) is 10.7. The number of carbonyl (C=O) groups excluding carboxylic acids is 1. The van der Waals surface area contributed by atoms with Gasteiger partial charge in [-0.25, -0.2) is 0 Å². The van der Waals surface area contributed by atoms with Gasteiger partial charge in [0, 0.05) is 38.3 Å². The Hall–Kier alpha value is -2.98. The lowest BCUT2D eigenvalue weighted by Crippen LogP contribution is -2.35. The van der Waals surface area contributed by atoms with Gasteiger partial charge in [0.1, 0.15) is 0 Å². The van der Waals surface area contributed by atoms with Gasteiger partial charge in [0.15, 0.2) is 0 Å². The van der Waals surface area contributed by atoms with E-state index >= 15 is 0 Å². The summed E-state index contributed by atoms with van der Waals surface area (Å²) in [6.07, 6.45) is 0.992. The van der Waals surface area contributed by atoms with Crippen molar-refractivity contribution < 1.29 is 4.79 Å². The van der Waals surface area contributed by atoms with Gasteiger partial charge in [0.05, 0.1) is 17.0 Å². The van der Waals surface area contributed by atoms with Crippen LogP contribution in [0.1, 0.15) is 33.6 Å². The third-order valence-corrected chi connectivity index (χ3v) is 5.92. The predicted octanol–water partition coefficient (Wildman–Crippen LogP) is 4.71. The average Bonchev–Trinajstić information content (AvgIpc) is 3.01. The number of nitrogens with zero attached hydrogens (tertiary/aromatic N) is 3. The average molecular weight is 400 g/mol. The Kier molecular flexibility index (Phi) is 6.24. The molecule has 4 heteroatoms. The zero-order valence-corrected chi connectivity index (χ0v) is 17.8. The molecule has 3 aromatic rings. The van der Waals surface area contributed by atoms with Gasteiger partial charge in [-0.05, 0) is 43.5 Å². The standard InChI is InChI=1S/C26H29N3O/c1-20-9-6-7-12-23(20)19-28-15-8-16-29(18-17-28)26(30)24-13-14-25(27-21(24)2)22-10-4-3-5-11-22/h3-7,9-14H,8,15-19H2,1-2H3. The summed E-state index contributed by atoms with van der Waals surface area (Å²) in [6.45, 7) is 8.51. The highest BCUT2D eigenvalue weighted by Crippen LogP contribution is 2.20. The van der Waals surface area contributed by atoms with Crippen LogP contribution in [-0.4, -0.2) is 46.9 Å². The normalized spacial score (nSPS) is 15.1. The number of hydrogen-bond donors (Lipinski definition) is 0. The lowest BCUT2D eigenvalue weighted by atomic mass is 10.1. The van der Waals surface area contributed by atoms with E-state index < -0.39 is 0 Å². The van der Waals surface area contributed by atoms with E-state index in [9.17, 15) is 4.79 Å². The minimum Gasteiger partial charge on any atom is -0.337 e. The van der Waals surface area contributed by atoms with Crippen molar-refractivity contribution in [3.8, 4) is 11.3 Å². The minimum absolute atomic E-state index is 0.0948. The van der Waals surface area contributed by atoms with Crippen LogP contribution in [0.15, 0.2) is 66.7 Å². The summed E-state index contributed by atoms with van der Waals surface area (Å²) < 4.78 is 0. The quantitative estimate of drug-likeness (QED) is 0.637. The second-order valence-electron chi connectivity index (χ2n) is 8.04. The molecule has 0 aliphatic carbocycles. The molecular weight excluding hydrogens is 370 g/mol. The van der Waals surface area contributed by atoms with E-state index in [-0.39, 0.29) is 5.91 Å². The number of aromatic nitrogens is 1. The molecule has 2 aromatic carbocycles. The van der Waals surface area contributed by atoms with Gasteiger partial charge in [-0.1, -0.05) is 54.6 Å². The second kappa shape index (κ2) is 9.23. The number of aryl methyl sites for hydroxylation is 2. The Morgan fingerprint density at radius 1 is 0.867 bits per heavy atom. The van der Waals surface area contributed by atoms with E-state index in [2.05, 4.69) is 36.1 Å². The number of carbonyl (C=O) groups is 1. The van der Waals surface area contributed by atoms with Crippen LogP contribution in [0.4, 0.5) is 0 Å². The van der Waals surface area contributed by atoms with Crippen molar-refractivity contribution in [2.24, 2.45) is 0 Å². The van der Waals surface area contributed by atoms with Crippen molar-refractivity contribution in [3.63, 3.8) is 0 Å². The maximum atomic E-state index is 13.2. The Morgan fingerprint density at radius 2 is 1.63 bits per heavy atom. The number of rotatable bonds is 4. The van der Waals surface area contributed by atoms with Crippen molar-refractivity contribution >= 4 is 5.91 Å². The first-order valence-corrected chi connectivity index (χ1v) is 10.7. The summed E-state index contributed by atoms with van der Waals surface area (Å²) in [6, 6.07) is 22.5. The monoisotopic (exact) mass is 399 g/mol. The Bertz CT molecular complexity index is 1020. The third kappa shape index (κ3) is 4.60. The molecule has 4 rings (SSSR count). The zero-order chi connectivity index (χ0) is 20.9. The van der Waals surface area contributed by atoms with E-state index in [4.69, 9.17) is 4.98 Å². The van der Waals surface area contributed by atoms with E-state index in [0.717, 1.165) is 56.1 Å². The molecule has 0 saturated carbocycles. The molecule has 0 spiro atoms. The summed E-state index contributed by atoms with van der Waals surface area (Å²) in [7, 11) is 0. The fourth-order valence-electron chi connectivity index (χ4n) is 4.09. The minimum atomic E-state index is 0.0948. The molecule has 1 amide bonds. The lowest BCUT2D eigenvalue weighted by molar-refractivity contribution is 0.0760. The molecular formula is C26H29N3O. The van der Waals surface area contributed by atoms with Crippen LogP contribution in [0.25, 0.3) is 11.3 Å². The molecule has 4 nitrogen and oxygen atoms in total. The maximum Gasteiger partial charge on any atom is 0.255 e. The van der Waals surface area contributed by atoms with Crippen LogP contribution in [0, 0.1) is 13.8 Å². The van der Waals surface area contributed by atoms with Gasteiger partial charge in [-0.15, -0.1) is 0 Å². The fraction of sp³-hybridized carbons (Fsp3) is 0.308. The molecule has 1 aromatic heterocycles. The second-order valence-corrected chi connectivity index (χ2v) is 8.04. The molecule has 1 aliphatic rings. The lowest BCUT2D eigenvalue weighted by Gasteiger charge is -2.23. The predicted molar refractivity (Wildman–Crippen MR) is 121 cm³/mol. The van der Waals surface area contributed by atoms with Gasteiger partial charge in [-0.2, -0.15) is 0 Å². The first kappa shape index (κ1) is 20.3. The highest BCUT2D eigenvalue weighted by Gasteiger charge is 2.22. The summed E-state index contributed by atoms with van der Waals surface area (Å²) in [4.78, 5) is 22.4. The Balaban J connectivity index is 1.43. The van der Waals surface area contributed by atoms with Crippen LogP contribution in [0.5, 0.6) is 0 Å². The van der Waals surface area contributed by atoms with Crippen LogP contribution in [0.2, 0.25) is 0 Å². The van der Waals surface area contributed by atoms with Gasteiger partial charge in [0.25, 0.3) is 5.91 Å². The maximum absolute atomic E-state index is 13.2. The van der Waals surface area contributed by atoms with Gasteiger partial charge in [-0.3, -0.25) is 14.7 Å². The van der Waals surface area contributed by atoms with Gasteiger partial charge in [0.2, 0.25) is 0 Å². The number of hydrogen-bond acceptors (Lipinski definition) is 3. The summed E-state index contributed by atoms with van der Waals surface area (Å²) in [5.74, 6) is 0.0948. The zero-order valence-electron chi connectivity index (χ0n) is 17.8. The third-order valence-electron chi connectivity index (χ3n) is 5.92. The highest BCUT2D eigenvalue weighted by molar-refractivity contribution is 5.95. The molecule has 0 N–H and O–H groups in total. The number of benzene rings is 2. The summed E-state index contributed by atoms with van der Waals surface area (Å²) >= 11 is 0. The Morgan fingerprint density at radius 3 is 2.40 bits per heavy atom. The molecule has 0 bridgehead atoms. The molecule has 0 unspecified atom stereocenters. The molecule has 1 saturated heterocycles. The molecule has 30 heavy (non-hydrogen) atoms. The molecule has 0 radical (unpaired) electrons. The smallest absolute Gasteiger partial charge is 0.255 e. The van der Waals surface area contributed by atoms with Crippen LogP contribution >= 0.6 is 0 Å². The molecule has 1 fully saturated rings. The SMILES string of the molecule is Cc1ccccc1CN1CCCN(C(=O)c2ccc(-c3ccccc3)nc2C)CC1. The molecule has 2 heterocycles. The van der Waals surface area contributed by atoms with Crippen molar-refractivity contribution in [3.05, 3.63) is 89.1 Å². The van der Waals surface area contributed by atoms with Crippen LogP contribution in [-0.2, 0) is 6.54 Å². The number of pyridine rings is 1. The van der Waals surface area contributed by atoms with Crippen LogP contribution in [0.3, 0.4) is 0 Å². The van der Waals surface area contributed by atoms with Crippen LogP contribution < -0.4 is 0 Å². The van der Waals surface area contributed by atoms with Crippen molar-refractivity contribution in [1.82, 2.24) is 14.8 Å². The molecule has 0 atom stereocenters. The van der Waals surface area contributed by atoms with E-state index in [1.165, 1.54) is 11.1 Å². The number of amides is 1.